The zero-order valence-corrected chi connectivity index (χ0v) is 10.9. The molecule has 17 heavy (non-hydrogen) atoms. The van der Waals surface area contributed by atoms with Crippen molar-refractivity contribution >= 4 is 0 Å². The summed E-state index contributed by atoms with van der Waals surface area (Å²) in [5.41, 5.74) is 7.94. The number of aliphatic hydroxyl groups excluding tert-OH is 1. The van der Waals surface area contributed by atoms with Gasteiger partial charge in [-0.2, -0.15) is 0 Å². The first-order chi connectivity index (χ1) is 8.04. The fourth-order valence-electron chi connectivity index (χ4n) is 1.90. The zero-order valence-electron chi connectivity index (χ0n) is 10.9. The van der Waals surface area contributed by atoms with E-state index in [1.165, 1.54) is 0 Å². The van der Waals surface area contributed by atoms with Gasteiger partial charge in [-0.05, 0) is 23.5 Å². The summed E-state index contributed by atoms with van der Waals surface area (Å²) in [6, 6.07) is 7.55. The molecular weight excluding hydrogens is 214 g/mol. The van der Waals surface area contributed by atoms with E-state index in [0.717, 1.165) is 17.5 Å². The molecule has 3 heteroatoms. The molecular formula is C14H23NO2. The molecule has 0 saturated carbocycles. The number of rotatable bonds is 6. The van der Waals surface area contributed by atoms with Gasteiger partial charge in [0.15, 0.2) is 0 Å². The van der Waals surface area contributed by atoms with Crippen LogP contribution in [-0.2, 0) is 11.3 Å². The number of aliphatic hydroxyl groups is 1. The highest BCUT2D eigenvalue weighted by atomic mass is 16.5. The van der Waals surface area contributed by atoms with Crippen LogP contribution >= 0.6 is 0 Å². The molecule has 0 saturated heterocycles. The van der Waals surface area contributed by atoms with Gasteiger partial charge in [0.05, 0.1) is 12.7 Å². The van der Waals surface area contributed by atoms with Gasteiger partial charge in [-0.25, -0.2) is 0 Å². The molecule has 2 atom stereocenters. The lowest BCUT2D eigenvalue weighted by Gasteiger charge is -2.21. The average Bonchev–Trinajstić information content (AvgIpc) is 2.28. The maximum absolute atomic E-state index is 10.1. The molecule has 2 unspecified atom stereocenters. The van der Waals surface area contributed by atoms with Gasteiger partial charge in [-0.1, -0.05) is 38.1 Å². The molecule has 0 amide bonds. The van der Waals surface area contributed by atoms with Gasteiger partial charge in [0.2, 0.25) is 0 Å². The Morgan fingerprint density at radius 2 is 1.82 bits per heavy atom. The van der Waals surface area contributed by atoms with Crippen molar-refractivity contribution in [2.75, 3.05) is 7.11 Å². The quantitative estimate of drug-likeness (QED) is 0.797. The fraction of sp³-hybridized carbons (Fsp3) is 0.571. The second kappa shape index (κ2) is 6.74. The van der Waals surface area contributed by atoms with Crippen LogP contribution in [0.25, 0.3) is 0 Å². The van der Waals surface area contributed by atoms with Crippen LogP contribution < -0.4 is 5.73 Å². The summed E-state index contributed by atoms with van der Waals surface area (Å²) in [5.74, 6) is 0.493. The Hall–Kier alpha value is -0.900. The van der Waals surface area contributed by atoms with Crippen molar-refractivity contribution in [2.24, 2.45) is 11.7 Å². The van der Waals surface area contributed by atoms with Crippen molar-refractivity contribution < 1.29 is 9.84 Å². The van der Waals surface area contributed by atoms with Crippen LogP contribution in [0, 0.1) is 5.92 Å². The molecule has 0 aromatic heterocycles. The Balaban J connectivity index is 2.65. The van der Waals surface area contributed by atoms with E-state index in [1.54, 1.807) is 7.11 Å². The van der Waals surface area contributed by atoms with E-state index >= 15 is 0 Å². The minimum Gasteiger partial charge on any atom is -0.387 e. The molecule has 1 aromatic carbocycles. The topological polar surface area (TPSA) is 55.5 Å². The SMILES string of the molecule is COCc1ccc(C(O)C(N)CC(C)C)cc1. The summed E-state index contributed by atoms with van der Waals surface area (Å²) >= 11 is 0. The first-order valence-corrected chi connectivity index (χ1v) is 6.06. The Kier molecular flexibility index (Phi) is 5.62. The smallest absolute Gasteiger partial charge is 0.0940 e. The summed E-state index contributed by atoms with van der Waals surface area (Å²) in [6.45, 7) is 4.80. The normalized spacial score (nSPS) is 14.9. The minimum atomic E-state index is -0.589. The van der Waals surface area contributed by atoms with Gasteiger partial charge in [0, 0.05) is 13.2 Å². The molecule has 0 aliphatic rings. The van der Waals surface area contributed by atoms with Gasteiger partial charge in [0.25, 0.3) is 0 Å². The lowest BCUT2D eigenvalue weighted by molar-refractivity contribution is 0.136. The highest BCUT2D eigenvalue weighted by Crippen LogP contribution is 2.20. The third kappa shape index (κ3) is 4.46. The first-order valence-electron chi connectivity index (χ1n) is 6.06. The number of ether oxygens (including phenoxy) is 1. The van der Waals surface area contributed by atoms with E-state index < -0.39 is 6.10 Å². The molecule has 1 aromatic rings. The average molecular weight is 237 g/mol. The van der Waals surface area contributed by atoms with Crippen molar-refractivity contribution in [3.05, 3.63) is 35.4 Å². The van der Waals surface area contributed by atoms with E-state index in [1.807, 2.05) is 24.3 Å². The van der Waals surface area contributed by atoms with Crippen molar-refractivity contribution in [2.45, 2.75) is 39.0 Å². The first kappa shape index (κ1) is 14.2. The highest BCUT2D eigenvalue weighted by Gasteiger charge is 2.17. The Bertz CT molecular complexity index is 321. The predicted octanol–water partition coefficient (Wildman–Crippen LogP) is 2.24. The van der Waals surface area contributed by atoms with Gasteiger partial charge < -0.3 is 15.6 Å². The summed E-state index contributed by atoms with van der Waals surface area (Å²) in [6.07, 6.45) is 0.232. The fourth-order valence-corrected chi connectivity index (χ4v) is 1.90. The van der Waals surface area contributed by atoms with E-state index in [4.69, 9.17) is 10.5 Å². The predicted molar refractivity (Wildman–Crippen MR) is 69.5 cm³/mol. The lowest BCUT2D eigenvalue weighted by atomic mass is 9.95. The Morgan fingerprint density at radius 3 is 2.29 bits per heavy atom. The highest BCUT2D eigenvalue weighted by molar-refractivity contribution is 5.24. The minimum absolute atomic E-state index is 0.205. The molecule has 0 heterocycles. The second-order valence-corrected chi connectivity index (χ2v) is 4.91. The van der Waals surface area contributed by atoms with Crippen LogP contribution in [0.5, 0.6) is 0 Å². The number of methoxy groups -OCH3 is 1. The van der Waals surface area contributed by atoms with E-state index in [2.05, 4.69) is 13.8 Å². The van der Waals surface area contributed by atoms with Crippen LogP contribution in [0.3, 0.4) is 0 Å². The van der Waals surface area contributed by atoms with Crippen LogP contribution in [-0.4, -0.2) is 18.3 Å². The van der Waals surface area contributed by atoms with Crippen LogP contribution in [0.15, 0.2) is 24.3 Å². The molecule has 0 radical (unpaired) electrons. The van der Waals surface area contributed by atoms with E-state index in [9.17, 15) is 5.11 Å². The number of nitrogens with two attached hydrogens (primary N) is 1. The second-order valence-electron chi connectivity index (χ2n) is 4.91. The van der Waals surface area contributed by atoms with Crippen LogP contribution in [0.2, 0.25) is 0 Å². The molecule has 0 bridgehead atoms. The van der Waals surface area contributed by atoms with E-state index in [0.29, 0.717) is 12.5 Å². The van der Waals surface area contributed by atoms with E-state index in [-0.39, 0.29) is 6.04 Å². The molecule has 96 valence electrons. The summed E-state index contributed by atoms with van der Waals surface area (Å²) in [4.78, 5) is 0. The number of hydrogen-bond donors (Lipinski definition) is 2. The third-order valence-corrected chi connectivity index (χ3v) is 2.78. The molecule has 0 aliphatic carbocycles. The lowest BCUT2D eigenvalue weighted by Crippen LogP contribution is -2.29. The Labute approximate surface area is 104 Å². The van der Waals surface area contributed by atoms with Crippen molar-refractivity contribution in [3.8, 4) is 0 Å². The summed E-state index contributed by atoms with van der Waals surface area (Å²) in [5, 5.41) is 10.1. The molecule has 0 fully saturated rings. The maximum atomic E-state index is 10.1. The molecule has 1 rings (SSSR count). The van der Waals surface area contributed by atoms with Crippen molar-refractivity contribution in [3.63, 3.8) is 0 Å². The monoisotopic (exact) mass is 237 g/mol. The third-order valence-electron chi connectivity index (χ3n) is 2.78. The van der Waals surface area contributed by atoms with Gasteiger partial charge >= 0.3 is 0 Å². The van der Waals surface area contributed by atoms with Gasteiger partial charge in [-0.15, -0.1) is 0 Å². The number of benzene rings is 1. The molecule has 0 spiro atoms. The van der Waals surface area contributed by atoms with Crippen molar-refractivity contribution in [1.29, 1.82) is 0 Å². The molecule has 3 nitrogen and oxygen atoms in total. The largest absolute Gasteiger partial charge is 0.387 e. The Morgan fingerprint density at radius 1 is 1.24 bits per heavy atom. The zero-order chi connectivity index (χ0) is 12.8. The molecule has 3 N–H and O–H groups in total. The maximum Gasteiger partial charge on any atom is 0.0940 e. The van der Waals surface area contributed by atoms with Crippen LogP contribution in [0.4, 0.5) is 0 Å². The van der Waals surface area contributed by atoms with Gasteiger partial charge in [0.1, 0.15) is 0 Å². The van der Waals surface area contributed by atoms with Crippen LogP contribution in [0.1, 0.15) is 37.5 Å². The van der Waals surface area contributed by atoms with Crippen molar-refractivity contribution in [1.82, 2.24) is 0 Å². The molecule has 0 aliphatic heterocycles. The van der Waals surface area contributed by atoms with Gasteiger partial charge in [-0.3, -0.25) is 0 Å². The number of hydrogen-bond acceptors (Lipinski definition) is 3. The standard InChI is InChI=1S/C14H23NO2/c1-10(2)8-13(15)14(16)12-6-4-11(5-7-12)9-17-3/h4-7,10,13-14,16H,8-9,15H2,1-3H3. The summed E-state index contributed by atoms with van der Waals surface area (Å²) < 4.78 is 5.04. The summed E-state index contributed by atoms with van der Waals surface area (Å²) in [7, 11) is 1.67.